The van der Waals surface area contributed by atoms with Crippen LogP contribution in [0.3, 0.4) is 0 Å². The van der Waals surface area contributed by atoms with Crippen molar-refractivity contribution in [2.75, 3.05) is 10.6 Å². The van der Waals surface area contributed by atoms with E-state index in [2.05, 4.69) is 15.6 Å². The van der Waals surface area contributed by atoms with Gasteiger partial charge < -0.3 is 10.6 Å². The second-order valence-corrected chi connectivity index (χ2v) is 4.45. The van der Waals surface area contributed by atoms with Gasteiger partial charge in [-0.1, -0.05) is 6.07 Å². The van der Waals surface area contributed by atoms with Crippen LogP contribution in [-0.4, -0.2) is 16.8 Å². The van der Waals surface area contributed by atoms with E-state index in [1.54, 1.807) is 24.4 Å². The van der Waals surface area contributed by atoms with Gasteiger partial charge in [0.15, 0.2) is 0 Å². The Morgan fingerprint density at radius 2 is 2.00 bits per heavy atom. The van der Waals surface area contributed by atoms with Crippen molar-refractivity contribution in [1.82, 2.24) is 4.98 Å². The van der Waals surface area contributed by atoms with Crippen LogP contribution in [0.1, 0.15) is 12.6 Å². The van der Waals surface area contributed by atoms with Crippen LogP contribution < -0.4 is 10.6 Å². The fraction of sp³-hybridized carbons (Fsp3) is 0.0625. The quantitative estimate of drug-likeness (QED) is 0.853. The summed E-state index contributed by atoms with van der Waals surface area (Å²) < 4.78 is 13.5. The van der Waals surface area contributed by atoms with Crippen molar-refractivity contribution in [1.29, 1.82) is 0 Å². The number of benzene rings is 1. The molecule has 22 heavy (non-hydrogen) atoms. The fourth-order valence-corrected chi connectivity index (χ4v) is 1.71. The summed E-state index contributed by atoms with van der Waals surface area (Å²) in [4.78, 5) is 26.8. The van der Waals surface area contributed by atoms with E-state index in [1.807, 2.05) is 6.07 Å². The van der Waals surface area contributed by atoms with E-state index in [1.165, 1.54) is 31.2 Å². The van der Waals surface area contributed by atoms with Crippen molar-refractivity contribution in [2.24, 2.45) is 0 Å². The van der Waals surface area contributed by atoms with E-state index < -0.39 is 11.7 Å². The van der Waals surface area contributed by atoms with Gasteiger partial charge in [-0.3, -0.25) is 14.6 Å². The summed E-state index contributed by atoms with van der Waals surface area (Å²) in [6, 6.07) is 9.28. The molecule has 2 aromatic rings. The number of amides is 2. The molecule has 2 amide bonds. The number of nitrogens with zero attached hydrogens (tertiary/aromatic N) is 1. The third-order valence-corrected chi connectivity index (χ3v) is 2.64. The number of aromatic nitrogens is 1. The number of hydrogen-bond acceptors (Lipinski definition) is 3. The van der Waals surface area contributed by atoms with E-state index in [9.17, 15) is 14.0 Å². The average molecular weight is 299 g/mol. The summed E-state index contributed by atoms with van der Waals surface area (Å²) in [6.45, 7) is 1.28. The van der Waals surface area contributed by atoms with Gasteiger partial charge in [0.1, 0.15) is 5.82 Å². The molecule has 2 rings (SSSR count). The number of rotatable bonds is 4. The van der Waals surface area contributed by atoms with E-state index in [0.29, 0.717) is 11.4 Å². The monoisotopic (exact) mass is 299 g/mol. The third-order valence-electron chi connectivity index (χ3n) is 2.64. The summed E-state index contributed by atoms with van der Waals surface area (Å²) in [5.74, 6) is -1.35. The van der Waals surface area contributed by atoms with E-state index in [0.717, 1.165) is 0 Å². The zero-order valence-electron chi connectivity index (χ0n) is 11.8. The van der Waals surface area contributed by atoms with Crippen molar-refractivity contribution < 1.29 is 14.0 Å². The molecule has 0 bridgehead atoms. The van der Waals surface area contributed by atoms with Crippen LogP contribution in [0.5, 0.6) is 0 Å². The lowest BCUT2D eigenvalue weighted by Gasteiger charge is -2.07. The maximum Gasteiger partial charge on any atom is 0.248 e. The van der Waals surface area contributed by atoms with Crippen LogP contribution in [0.25, 0.3) is 6.08 Å². The SMILES string of the molecule is CC(=O)Nc1cc(NC(=O)/C=C/c2ccccn2)ccc1F. The lowest BCUT2D eigenvalue weighted by atomic mass is 10.2. The Morgan fingerprint density at radius 1 is 1.18 bits per heavy atom. The minimum absolute atomic E-state index is 0.0130. The minimum Gasteiger partial charge on any atom is -0.324 e. The zero-order chi connectivity index (χ0) is 15.9. The Morgan fingerprint density at radius 3 is 2.68 bits per heavy atom. The van der Waals surface area contributed by atoms with Gasteiger partial charge >= 0.3 is 0 Å². The molecule has 0 saturated heterocycles. The molecule has 1 aromatic carbocycles. The highest BCUT2D eigenvalue weighted by atomic mass is 19.1. The number of carbonyl (C=O) groups is 2. The van der Waals surface area contributed by atoms with Crippen LogP contribution in [0.15, 0.2) is 48.7 Å². The summed E-state index contributed by atoms with van der Waals surface area (Å²) in [6.07, 6.45) is 4.51. The van der Waals surface area contributed by atoms with Crippen LogP contribution >= 0.6 is 0 Å². The largest absolute Gasteiger partial charge is 0.324 e. The van der Waals surface area contributed by atoms with E-state index >= 15 is 0 Å². The van der Waals surface area contributed by atoms with Gasteiger partial charge in [0, 0.05) is 24.9 Å². The molecule has 112 valence electrons. The first-order valence-corrected chi connectivity index (χ1v) is 6.52. The molecule has 0 aliphatic rings. The molecule has 5 nitrogen and oxygen atoms in total. The van der Waals surface area contributed by atoms with Crippen molar-refractivity contribution >= 4 is 29.3 Å². The predicted octanol–water partition coefficient (Wildman–Crippen LogP) is 2.83. The first-order chi connectivity index (χ1) is 10.5. The second kappa shape index (κ2) is 7.12. The molecule has 0 spiro atoms. The molecule has 0 saturated carbocycles. The smallest absolute Gasteiger partial charge is 0.248 e. The summed E-state index contributed by atoms with van der Waals surface area (Å²) in [5, 5.41) is 4.93. The van der Waals surface area contributed by atoms with Crippen LogP contribution in [0.2, 0.25) is 0 Å². The molecular formula is C16H14FN3O2. The molecule has 0 aliphatic carbocycles. The zero-order valence-corrected chi connectivity index (χ0v) is 11.8. The van der Waals surface area contributed by atoms with E-state index in [4.69, 9.17) is 0 Å². The average Bonchev–Trinajstić information content (AvgIpc) is 2.49. The van der Waals surface area contributed by atoms with Crippen molar-refractivity contribution in [3.8, 4) is 0 Å². The Labute approximate surface area is 126 Å². The molecule has 0 aliphatic heterocycles. The van der Waals surface area contributed by atoms with Gasteiger partial charge in [-0.15, -0.1) is 0 Å². The number of halogens is 1. The van der Waals surface area contributed by atoms with Gasteiger partial charge in [0.25, 0.3) is 0 Å². The molecule has 0 unspecified atom stereocenters. The maximum atomic E-state index is 13.5. The normalized spacial score (nSPS) is 10.5. The predicted molar refractivity (Wildman–Crippen MR) is 82.6 cm³/mol. The molecule has 2 N–H and O–H groups in total. The van der Waals surface area contributed by atoms with Gasteiger partial charge in [0.2, 0.25) is 11.8 Å². The molecule has 0 fully saturated rings. The molecular weight excluding hydrogens is 285 g/mol. The summed E-state index contributed by atoms with van der Waals surface area (Å²) >= 11 is 0. The number of hydrogen-bond donors (Lipinski definition) is 2. The van der Waals surface area contributed by atoms with Gasteiger partial charge in [-0.2, -0.15) is 0 Å². The van der Waals surface area contributed by atoms with Gasteiger partial charge in [-0.25, -0.2) is 4.39 Å². The standard InChI is InChI=1S/C16H14FN3O2/c1-11(21)19-15-10-13(5-7-14(15)17)20-16(22)8-6-12-4-2-3-9-18-12/h2-10H,1H3,(H,19,21)(H,20,22)/b8-6+. The topological polar surface area (TPSA) is 71.1 Å². The van der Waals surface area contributed by atoms with Crippen molar-refractivity contribution in [3.63, 3.8) is 0 Å². The number of nitrogens with one attached hydrogen (secondary N) is 2. The Balaban J connectivity index is 2.05. The third kappa shape index (κ3) is 4.52. The maximum absolute atomic E-state index is 13.5. The number of pyridine rings is 1. The first-order valence-electron chi connectivity index (χ1n) is 6.52. The lowest BCUT2D eigenvalue weighted by molar-refractivity contribution is -0.114. The van der Waals surface area contributed by atoms with E-state index in [-0.39, 0.29) is 11.6 Å². The van der Waals surface area contributed by atoms with Gasteiger partial charge in [0.05, 0.1) is 11.4 Å². The first kappa shape index (κ1) is 15.4. The van der Waals surface area contributed by atoms with Crippen molar-refractivity contribution in [2.45, 2.75) is 6.92 Å². The highest BCUT2D eigenvalue weighted by Gasteiger charge is 2.06. The highest BCUT2D eigenvalue weighted by Crippen LogP contribution is 2.19. The fourth-order valence-electron chi connectivity index (χ4n) is 1.71. The Bertz CT molecular complexity index is 715. The van der Waals surface area contributed by atoms with Crippen molar-refractivity contribution in [3.05, 3.63) is 60.2 Å². The Hall–Kier alpha value is -3.02. The summed E-state index contributed by atoms with van der Waals surface area (Å²) in [5.41, 5.74) is 1.04. The van der Waals surface area contributed by atoms with Crippen LogP contribution in [0.4, 0.5) is 15.8 Å². The van der Waals surface area contributed by atoms with Crippen LogP contribution in [-0.2, 0) is 9.59 Å². The molecule has 1 aromatic heterocycles. The van der Waals surface area contributed by atoms with Gasteiger partial charge in [-0.05, 0) is 36.4 Å². The molecule has 0 atom stereocenters. The number of carbonyl (C=O) groups excluding carboxylic acids is 2. The van der Waals surface area contributed by atoms with Crippen LogP contribution in [0, 0.1) is 5.82 Å². The Kier molecular flexibility index (Phi) is 4.98. The molecule has 0 radical (unpaired) electrons. The minimum atomic E-state index is -0.572. The highest BCUT2D eigenvalue weighted by molar-refractivity contribution is 6.02. The molecule has 6 heteroatoms. The molecule has 1 heterocycles. The lowest BCUT2D eigenvalue weighted by Crippen LogP contribution is -2.10. The summed E-state index contributed by atoms with van der Waals surface area (Å²) in [7, 11) is 0. The second-order valence-electron chi connectivity index (χ2n) is 4.45. The number of anilines is 2.